The Morgan fingerprint density at radius 2 is 1.51 bits per heavy atom. The lowest BCUT2D eigenvalue weighted by molar-refractivity contribution is -0.134. The monoisotopic (exact) mass is 570 g/mol. The number of aromatic hydroxyl groups is 2. The summed E-state index contributed by atoms with van der Waals surface area (Å²) < 4.78 is 5.86. The maximum absolute atomic E-state index is 12.3. The van der Waals surface area contributed by atoms with Crippen molar-refractivity contribution in [1.82, 2.24) is 10.6 Å². The molecule has 0 spiro atoms. The lowest BCUT2D eigenvalue weighted by Gasteiger charge is -2.10. The van der Waals surface area contributed by atoms with Crippen LogP contribution in [-0.2, 0) is 4.79 Å². The molecule has 0 unspecified atom stereocenters. The molecule has 10 heteroatoms. The Morgan fingerprint density at radius 1 is 0.927 bits per heavy atom. The van der Waals surface area contributed by atoms with Crippen molar-refractivity contribution in [2.45, 2.75) is 78.1 Å². The molecule has 226 valence electrons. The van der Waals surface area contributed by atoms with E-state index in [0.29, 0.717) is 12.1 Å². The van der Waals surface area contributed by atoms with Crippen molar-refractivity contribution in [3.05, 3.63) is 47.5 Å². The summed E-state index contributed by atoms with van der Waals surface area (Å²) >= 11 is 0. The first-order chi connectivity index (χ1) is 19.8. The van der Waals surface area contributed by atoms with Gasteiger partial charge in [-0.25, -0.2) is 0 Å². The van der Waals surface area contributed by atoms with Crippen molar-refractivity contribution in [1.29, 1.82) is 0 Å². The summed E-state index contributed by atoms with van der Waals surface area (Å²) in [7, 11) is 0. The van der Waals surface area contributed by atoms with E-state index in [1.54, 1.807) is 6.92 Å². The molecule has 0 radical (unpaired) electrons. The number of ether oxygens (including phenoxy) is 1. The number of hydrogen-bond acceptors (Lipinski definition) is 8. The molecule has 2 aromatic rings. The fourth-order valence-corrected chi connectivity index (χ4v) is 4.42. The molecule has 0 aromatic heterocycles. The first-order valence-electron chi connectivity index (χ1n) is 14.5. The number of benzene rings is 2. The third-order valence-corrected chi connectivity index (χ3v) is 6.44. The molecule has 1 aliphatic rings. The minimum Gasteiger partial charge on any atom is -0.508 e. The van der Waals surface area contributed by atoms with E-state index in [9.17, 15) is 15.0 Å². The van der Waals surface area contributed by atoms with Gasteiger partial charge >= 0.3 is 0 Å². The third-order valence-electron chi connectivity index (χ3n) is 6.44. The molecule has 6 N–H and O–H groups in total. The highest BCUT2D eigenvalue weighted by molar-refractivity contribution is 5.98. The highest BCUT2D eigenvalue weighted by Crippen LogP contribution is 2.26. The lowest BCUT2D eigenvalue weighted by Crippen LogP contribution is -2.26. The number of aliphatic imine (C=N–C) groups is 1. The predicted octanol–water partition coefficient (Wildman–Crippen LogP) is 5.58. The van der Waals surface area contributed by atoms with Crippen LogP contribution in [0, 0.1) is 6.92 Å². The van der Waals surface area contributed by atoms with Crippen LogP contribution in [0.2, 0.25) is 0 Å². The highest BCUT2D eigenvalue weighted by atomic mass is 16.5. The topological polar surface area (TPSA) is 153 Å². The fourth-order valence-electron chi connectivity index (χ4n) is 4.42. The van der Waals surface area contributed by atoms with Crippen LogP contribution in [0.3, 0.4) is 0 Å². The first kappa shape index (κ1) is 33.3. The molecule has 0 saturated heterocycles. The van der Waals surface area contributed by atoms with Crippen molar-refractivity contribution < 1.29 is 29.6 Å². The number of aliphatic carboxylic acids is 1. The van der Waals surface area contributed by atoms with E-state index in [2.05, 4.69) is 20.9 Å². The summed E-state index contributed by atoms with van der Waals surface area (Å²) in [6.45, 7) is 5.85. The van der Waals surface area contributed by atoms with E-state index in [-0.39, 0.29) is 23.0 Å². The summed E-state index contributed by atoms with van der Waals surface area (Å²) in [5.74, 6) is 0.382. The Hall–Kier alpha value is -3.95. The van der Waals surface area contributed by atoms with E-state index in [4.69, 9.17) is 14.6 Å². The Morgan fingerprint density at radius 3 is 2.07 bits per heavy atom. The molecule has 0 saturated carbocycles. The van der Waals surface area contributed by atoms with Crippen molar-refractivity contribution in [3.63, 3.8) is 0 Å². The molecule has 41 heavy (non-hydrogen) atoms. The number of carbonyl (C=O) groups is 2. The van der Waals surface area contributed by atoms with Gasteiger partial charge in [-0.15, -0.1) is 0 Å². The number of anilines is 1. The van der Waals surface area contributed by atoms with Gasteiger partial charge < -0.3 is 36.0 Å². The van der Waals surface area contributed by atoms with Gasteiger partial charge in [0.2, 0.25) is 0 Å². The van der Waals surface area contributed by atoms with Crippen LogP contribution < -0.4 is 20.7 Å². The summed E-state index contributed by atoms with van der Waals surface area (Å²) in [4.78, 5) is 25.6. The summed E-state index contributed by atoms with van der Waals surface area (Å²) in [5.41, 5.74) is 1.81. The number of phenols is 2. The van der Waals surface area contributed by atoms with Crippen LogP contribution >= 0.6 is 0 Å². The van der Waals surface area contributed by atoms with Crippen LogP contribution in [0.25, 0.3) is 0 Å². The Bertz CT molecular complexity index is 1080. The first-order valence-corrected chi connectivity index (χ1v) is 14.5. The maximum Gasteiger partial charge on any atom is 0.300 e. The molecule has 0 aliphatic carbocycles. The molecule has 10 nitrogen and oxygen atoms in total. The van der Waals surface area contributed by atoms with Gasteiger partial charge in [0.1, 0.15) is 17.2 Å². The number of guanidine groups is 1. The fraction of sp³-hybridized carbons (Fsp3) is 0.516. The number of unbranched alkanes of at least 4 members (excludes halogenated alkanes) is 9. The second-order valence-corrected chi connectivity index (χ2v) is 10.1. The zero-order chi connectivity index (χ0) is 29.9. The number of amides is 1. The highest BCUT2D eigenvalue weighted by Gasteiger charge is 2.15. The van der Waals surface area contributed by atoms with Gasteiger partial charge in [-0.3, -0.25) is 14.6 Å². The van der Waals surface area contributed by atoms with E-state index in [0.717, 1.165) is 63.3 Å². The second kappa shape index (κ2) is 19.2. The molecule has 0 bridgehead atoms. The molecule has 2 aromatic carbocycles. The predicted molar refractivity (Wildman–Crippen MR) is 162 cm³/mol. The van der Waals surface area contributed by atoms with Crippen LogP contribution in [0.4, 0.5) is 5.69 Å². The zero-order valence-electron chi connectivity index (χ0n) is 24.4. The summed E-state index contributed by atoms with van der Waals surface area (Å²) in [5, 5.41) is 36.1. The average Bonchev–Trinajstić information content (AvgIpc) is 3.42. The Kier molecular flexibility index (Phi) is 15.6. The SMILES string of the molecule is CC(=O)O.Cc1cc(O)cc(O)c1C(=O)NCCCCCCCCCCCCOc1ccc(NC2=NCCN2)cc1. The summed E-state index contributed by atoms with van der Waals surface area (Å²) in [6, 6.07) is 10.7. The van der Waals surface area contributed by atoms with Crippen LogP contribution in [-0.4, -0.2) is 59.4 Å². The standard InChI is InChI=1S/C29H42N4O4.C2H4O2/c1-22-20-24(34)21-26(35)27(22)28(36)30-16-10-8-6-4-2-3-5-7-9-11-19-37-25-14-12-23(13-15-25)33-29-31-17-18-32-29;1-2(3)4/h12-15,20-21,34-35H,2-11,16-19H2,1H3,(H,30,36)(H2,31,32,33);1H3,(H,3,4). The largest absolute Gasteiger partial charge is 0.508 e. The Balaban J connectivity index is 0.00000138. The summed E-state index contributed by atoms with van der Waals surface area (Å²) in [6.07, 6.45) is 11.7. The zero-order valence-corrected chi connectivity index (χ0v) is 24.4. The van der Waals surface area contributed by atoms with Crippen LogP contribution in [0.5, 0.6) is 17.2 Å². The third kappa shape index (κ3) is 14.3. The molecular weight excluding hydrogens is 524 g/mol. The number of nitrogens with zero attached hydrogens (tertiary/aromatic N) is 1. The van der Waals surface area contributed by atoms with E-state index in [1.165, 1.54) is 57.1 Å². The number of phenolic OH excluding ortho intramolecular Hbond substituents is 2. The quantitative estimate of drug-likeness (QED) is 0.143. The molecule has 1 aliphatic heterocycles. The van der Waals surface area contributed by atoms with Gasteiger partial charge in [0.05, 0.1) is 18.7 Å². The van der Waals surface area contributed by atoms with E-state index in [1.807, 2.05) is 24.3 Å². The van der Waals surface area contributed by atoms with Gasteiger partial charge in [0, 0.05) is 31.8 Å². The molecule has 3 rings (SSSR count). The van der Waals surface area contributed by atoms with Crippen molar-refractivity contribution in [3.8, 4) is 17.2 Å². The minimum atomic E-state index is -0.833. The second-order valence-electron chi connectivity index (χ2n) is 10.1. The normalized spacial score (nSPS) is 12.0. The van der Waals surface area contributed by atoms with Gasteiger partial charge in [-0.1, -0.05) is 51.4 Å². The number of aryl methyl sites for hydroxylation is 1. The van der Waals surface area contributed by atoms with Crippen LogP contribution in [0.1, 0.15) is 87.1 Å². The minimum absolute atomic E-state index is 0.0419. The number of carbonyl (C=O) groups excluding carboxylic acids is 1. The van der Waals surface area contributed by atoms with Gasteiger partial charge in [0.25, 0.3) is 11.9 Å². The number of hydrogen-bond donors (Lipinski definition) is 6. The Labute approximate surface area is 243 Å². The molecule has 1 heterocycles. The number of nitrogens with one attached hydrogen (secondary N) is 3. The van der Waals surface area contributed by atoms with Crippen molar-refractivity contribution >= 4 is 23.5 Å². The smallest absolute Gasteiger partial charge is 0.300 e. The van der Waals surface area contributed by atoms with Crippen molar-refractivity contribution in [2.24, 2.45) is 4.99 Å². The average molecular weight is 571 g/mol. The lowest BCUT2D eigenvalue weighted by atomic mass is 10.1. The molecular formula is C31H46N4O6. The van der Waals surface area contributed by atoms with Gasteiger partial charge in [-0.2, -0.15) is 0 Å². The maximum atomic E-state index is 12.3. The van der Waals surface area contributed by atoms with Crippen molar-refractivity contribution in [2.75, 3.05) is 31.6 Å². The van der Waals surface area contributed by atoms with E-state index >= 15 is 0 Å². The van der Waals surface area contributed by atoms with Gasteiger partial charge in [0.15, 0.2) is 5.96 Å². The number of carboxylic acids is 1. The molecule has 0 fully saturated rings. The van der Waals surface area contributed by atoms with E-state index < -0.39 is 5.97 Å². The molecule has 0 atom stereocenters. The molecule has 1 amide bonds. The number of carboxylic acid groups (broad SMARTS) is 1. The number of rotatable bonds is 16. The van der Waals surface area contributed by atoms with Crippen LogP contribution in [0.15, 0.2) is 41.4 Å². The van der Waals surface area contributed by atoms with Gasteiger partial charge in [-0.05, 0) is 55.7 Å².